The molecule has 3 N–H and O–H groups in total. The smallest absolute Gasteiger partial charge is 0.264 e. The molecule has 0 aromatic heterocycles. The highest BCUT2D eigenvalue weighted by molar-refractivity contribution is 7.90. The number of likely N-dealkylation sites (N-methyl/N-ethyl adjacent to an activating group) is 2. The quantitative estimate of drug-likeness (QED) is 0.330. The van der Waals surface area contributed by atoms with E-state index in [2.05, 4.69) is 15.4 Å². The third-order valence-electron chi connectivity index (χ3n) is 7.62. The van der Waals surface area contributed by atoms with Crippen molar-refractivity contribution in [3.63, 3.8) is 0 Å². The van der Waals surface area contributed by atoms with Crippen molar-refractivity contribution in [2.75, 3.05) is 14.1 Å². The van der Waals surface area contributed by atoms with Gasteiger partial charge in [-0.05, 0) is 43.0 Å². The van der Waals surface area contributed by atoms with Gasteiger partial charge in [0.15, 0.2) is 0 Å². The zero-order valence-corrected chi connectivity index (χ0v) is 27.9. The number of benzene rings is 2. The first-order valence-electron chi connectivity index (χ1n) is 14.5. The molecule has 3 amide bonds. The van der Waals surface area contributed by atoms with Gasteiger partial charge in [-0.1, -0.05) is 103 Å². The Labute approximate surface area is 257 Å². The fourth-order valence-corrected chi connectivity index (χ4v) is 6.04. The highest BCUT2D eigenvalue weighted by atomic mass is 32.2. The number of nitrogens with zero attached hydrogens (tertiary/aromatic N) is 1. The highest BCUT2D eigenvalue weighted by Gasteiger charge is 2.41. The Hall–Kier alpha value is -3.50. The third kappa shape index (κ3) is 9.00. The van der Waals surface area contributed by atoms with Crippen LogP contribution in [0.1, 0.15) is 61.0 Å². The SMILES string of the molecule is CN[C@H](C(=O)N[C@H](C(=O)N(C)/C(=C/C(C)C(=O)NS(=O)(=O)c1ccccc1)C(C)C)C(C)(C)C)C(C)(C)c1ccccc1. The second kappa shape index (κ2) is 14.3. The van der Waals surface area contributed by atoms with Crippen molar-refractivity contribution in [1.29, 1.82) is 0 Å². The van der Waals surface area contributed by atoms with Crippen LogP contribution < -0.4 is 15.4 Å². The van der Waals surface area contributed by atoms with Gasteiger partial charge in [-0.15, -0.1) is 0 Å². The molecule has 0 aliphatic rings. The Kier molecular flexibility index (Phi) is 11.9. The average Bonchev–Trinajstić information content (AvgIpc) is 2.93. The van der Waals surface area contributed by atoms with Gasteiger partial charge in [0, 0.05) is 18.2 Å². The zero-order valence-electron chi connectivity index (χ0n) is 27.1. The number of allylic oxidation sites excluding steroid dienone is 1. The van der Waals surface area contributed by atoms with E-state index in [0.29, 0.717) is 5.70 Å². The largest absolute Gasteiger partial charge is 0.342 e. The molecule has 0 spiro atoms. The molecule has 0 saturated heterocycles. The van der Waals surface area contributed by atoms with Crippen LogP contribution in [0.3, 0.4) is 0 Å². The Morgan fingerprint density at radius 1 is 0.814 bits per heavy atom. The van der Waals surface area contributed by atoms with Crippen molar-refractivity contribution >= 4 is 27.7 Å². The first-order chi connectivity index (χ1) is 19.8. The van der Waals surface area contributed by atoms with E-state index in [4.69, 9.17) is 0 Å². The molecule has 0 radical (unpaired) electrons. The number of carbonyl (C=O) groups is 3. The predicted molar refractivity (Wildman–Crippen MR) is 170 cm³/mol. The lowest BCUT2D eigenvalue weighted by molar-refractivity contribution is -0.138. The first-order valence-corrected chi connectivity index (χ1v) is 16.0. The van der Waals surface area contributed by atoms with Crippen molar-refractivity contribution in [1.82, 2.24) is 20.3 Å². The number of nitrogens with one attached hydrogen (secondary N) is 3. The molecule has 0 saturated carbocycles. The number of hydrogen-bond donors (Lipinski definition) is 3. The summed E-state index contributed by atoms with van der Waals surface area (Å²) in [5.74, 6) is -2.43. The molecule has 1 unspecified atom stereocenters. The Bertz CT molecular complexity index is 1400. The summed E-state index contributed by atoms with van der Waals surface area (Å²) in [6.07, 6.45) is 1.59. The molecule has 43 heavy (non-hydrogen) atoms. The summed E-state index contributed by atoms with van der Waals surface area (Å²) in [6, 6.07) is 15.8. The number of rotatable bonds is 12. The molecule has 2 aromatic carbocycles. The van der Waals surface area contributed by atoms with Gasteiger partial charge in [-0.3, -0.25) is 14.4 Å². The second-order valence-electron chi connectivity index (χ2n) is 12.8. The minimum atomic E-state index is -4.05. The molecule has 0 aliphatic heterocycles. The summed E-state index contributed by atoms with van der Waals surface area (Å²) in [5, 5.41) is 6.14. The summed E-state index contributed by atoms with van der Waals surface area (Å²) >= 11 is 0. The Morgan fingerprint density at radius 2 is 1.33 bits per heavy atom. The van der Waals surface area contributed by atoms with E-state index in [1.807, 2.05) is 78.8 Å². The number of amides is 3. The van der Waals surface area contributed by atoms with Crippen molar-refractivity contribution in [2.24, 2.45) is 17.3 Å². The van der Waals surface area contributed by atoms with Crippen LogP contribution in [0, 0.1) is 17.3 Å². The molecule has 2 aromatic rings. The topological polar surface area (TPSA) is 125 Å². The fraction of sp³-hybridized carbons (Fsp3) is 0.485. The van der Waals surface area contributed by atoms with Gasteiger partial charge in [0.25, 0.3) is 10.0 Å². The van der Waals surface area contributed by atoms with E-state index in [1.54, 1.807) is 45.3 Å². The minimum absolute atomic E-state index is 0.0185. The summed E-state index contributed by atoms with van der Waals surface area (Å²) in [4.78, 5) is 42.1. The zero-order chi connectivity index (χ0) is 32.8. The van der Waals surface area contributed by atoms with Crippen LogP contribution >= 0.6 is 0 Å². The molecule has 0 heterocycles. The third-order valence-corrected chi connectivity index (χ3v) is 8.98. The maximum atomic E-state index is 14.0. The van der Waals surface area contributed by atoms with Crippen molar-refractivity contribution in [3.8, 4) is 0 Å². The lowest BCUT2D eigenvalue weighted by Crippen LogP contribution is -2.60. The van der Waals surface area contributed by atoms with E-state index in [9.17, 15) is 22.8 Å². The average molecular weight is 613 g/mol. The summed E-state index contributed by atoms with van der Waals surface area (Å²) in [5.41, 5.74) is 0.281. The molecular weight excluding hydrogens is 564 g/mol. The Morgan fingerprint density at radius 3 is 1.79 bits per heavy atom. The first kappa shape index (κ1) is 35.7. The van der Waals surface area contributed by atoms with Gasteiger partial charge < -0.3 is 15.5 Å². The van der Waals surface area contributed by atoms with Gasteiger partial charge in [0.2, 0.25) is 17.7 Å². The lowest BCUT2D eigenvalue weighted by atomic mass is 9.76. The van der Waals surface area contributed by atoms with E-state index < -0.39 is 44.8 Å². The van der Waals surface area contributed by atoms with E-state index >= 15 is 0 Å². The molecule has 0 fully saturated rings. The molecule has 0 bridgehead atoms. The lowest BCUT2D eigenvalue weighted by Gasteiger charge is -2.39. The van der Waals surface area contributed by atoms with Crippen LogP contribution in [-0.4, -0.2) is 57.2 Å². The van der Waals surface area contributed by atoms with Gasteiger partial charge in [0.1, 0.15) is 6.04 Å². The second-order valence-corrected chi connectivity index (χ2v) is 14.5. The summed E-state index contributed by atoms with van der Waals surface area (Å²) in [6.45, 7) is 14.9. The van der Waals surface area contributed by atoms with Gasteiger partial charge in [-0.2, -0.15) is 0 Å². The Balaban J connectivity index is 2.33. The number of carbonyl (C=O) groups excluding carboxylic acids is 3. The van der Waals surface area contributed by atoms with Crippen LogP contribution in [0.25, 0.3) is 0 Å². The van der Waals surface area contributed by atoms with Crippen molar-refractivity contribution < 1.29 is 22.8 Å². The van der Waals surface area contributed by atoms with Crippen LogP contribution in [0.4, 0.5) is 0 Å². The standard InChI is InChI=1S/C33H48N4O5S/c1-22(2)26(21-23(3)29(38)36-43(41,42)25-19-15-12-16-20-25)37(10)31(40)28(32(4,5)6)35-30(39)27(34-9)33(7,8)24-17-13-11-14-18-24/h11-23,27-28,34H,1-10H3,(H,35,39)(H,36,38)/b26-21+/t23?,27-,28-/m1/s1. The number of sulfonamides is 1. The molecule has 2 rings (SSSR count). The molecule has 0 aliphatic carbocycles. The van der Waals surface area contributed by atoms with Crippen LogP contribution in [0.2, 0.25) is 0 Å². The van der Waals surface area contributed by atoms with Crippen LogP contribution in [-0.2, 0) is 29.8 Å². The van der Waals surface area contributed by atoms with Crippen molar-refractivity contribution in [3.05, 3.63) is 78.0 Å². The molecule has 236 valence electrons. The van der Waals surface area contributed by atoms with E-state index in [-0.39, 0.29) is 22.6 Å². The van der Waals surface area contributed by atoms with Crippen LogP contribution in [0.5, 0.6) is 0 Å². The summed E-state index contributed by atoms with van der Waals surface area (Å²) < 4.78 is 27.5. The summed E-state index contributed by atoms with van der Waals surface area (Å²) in [7, 11) is -0.723. The van der Waals surface area contributed by atoms with Gasteiger partial charge >= 0.3 is 0 Å². The van der Waals surface area contributed by atoms with Crippen molar-refractivity contribution in [2.45, 2.75) is 77.8 Å². The molecule has 9 nitrogen and oxygen atoms in total. The molecular formula is C33H48N4O5S. The predicted octanol–water partition coefficient (Wildman–Crippen LogP) is 4.22. The van der Waals surface area contributed by atoms with Gasteiger partial charge in [0.05, 0.1) is 16.9 Å². The highest BCUT2D eigenvalue weighted by Crippen LogP contribution is 2.29. The molecule has 10 heteroatoms. The van der Waals surface area contributed by atoms with Gasteiger partial charge in [-0.25, -0.2) is 13.1 Å². The van der Waals surface area contributed by atoms with Crippen LogP contribution in [0.15, 0.2) is 77.3 Å². The maximum absolute atomic E-state index is 14.0. The maximum Gasteiger partial charge on any atom is 0.264 e. The number of hydrogen-bond acceptors (Lipinski definition) is 6. The normalized spacial score (nSPS) is 14.9. The van der Waals surface area contributed by atoms with E-state index in [1.165, 1.54) is 17.0 Å². The fourth-order valence-electron chi connectivity index (χ4n) is 4.96. The van der Waals surface area contributed by atoms with E-state index in [0.717, 1.165) is 5.56 Å². The molecule has 3 atom stereocenters. The monoisotopic (exact) mass is 612 g/mol. The minimum Gasteiger partial charge on any atom is -0.342 e.